The molecule has 0 spiro atoms. The summed E-state index contributed by atoms with van der Waals surface area (Å²) >= 11 is 7.49. The predicted molar refractivity (Wildman–Crippen MR) is 168 cm³/mol. The van der Waals surface area contributed by atoms with Gasteiger partial charge in [-0.25, -0.2) is 8.42 Å². The van der Waals surface area contributed by atoms with Gasteiger partial charge in [-0.2, -0.15) is 4.31 Å². The molecule has 2 aliphatic heterocycles. The van der Waals surface area contributed by atoms with Crippen LogP contribution < -0.4 is 4.90 Å². The number of halogens is 1. The lowest BCUT2D eigenvalue weighted by Gasteiger charge is -2.38. The maximum Gasteiger partial charge on any atom is 0.252 e. The van der Waals surface area contributed by atoms with E-state index < -0.39 is 15.9 Å². The third kappa shape index (κ3) is 5.16. The van der Waals surface area contributed by atoms with Gasteiger partial charge in [0.15, 0.2) is 0 Å². The van der Waals surface area contributed by atoms with E-state index >= 15 is 0 Å². The lowest BCUT2D eigenvalue weighted by atomic mass is 9.88. The van der Waals surface area contributed by atoms with Crippen molar-refractivity contribution in [3.8, 4) is 0 Å². The van der Waals surface area contributed by atoms with Gasteiger partial charge >= 0.3 is 0 Å². The highest BCUT2D eigenvalue weighted by Crippen LogP contribution is 2.41. The minimum atomic E-state index is -3.81. The second kappa shape index (κ2) is 11.1. The van der Waals surface area contributed by atoms with Crippen molar-refractivity contribution in [1.82, 2.24) is 9.21 Å². The Bertz CT molecular complexity index is 1710. The molecule has 1 amide bonds. The number of amides is 1. The molecule has 0 unspecified atom stereocenters. The minimum Gasteiger partial charge on any atom is -0.368 e. The summed E-state index contributed by atoms with van der Waals surface area (Å²) in [5.41, 5.74) is 5.46. The number of benzene rings is 3. The van der Waals surface area contributed by atoms with Gasteiger partial charge in [-0.15, -0.1) is 11.3 Å². The number of carbonyl (C=O) groups excluding carboxylic acids is 1. The Morgan fingerprint density at radius 3 is 2.34 bits per heavy atom. The van der Waals surface area contributed by atoms with Crippen molar-refractivity contribution in [2.45, 2.75) is 30.9 Å². The fourth-order valence-corrected chi connectivity index (χ4v) is 9.81. The monoisotopic (exact) mass is 607 g/mol. The fourth-order valence-electron chi connectivity index (χ4n) is 6.27. The summed E-state index contributed by atoms with van der Waals surface area (Å²) in [6.07, 6.45) is 0. The number of sulfonamides is 1. The van der Waals surface area contributed by atoms with E-state index in [-0.39, 0.29) is 24.9 Å². The summed E-state index contributed by atoms with van der Waals surface area (Å²) in [5, 5.41) is 1.44. The van der Waals surface area contributed by atoms with Gasteiger partial charge in [0.05, 0.1) is 5.92 Å². The van der Waals surface area contributed by atoms with Gasteiger partial charge in [-0.3, -0.25) is 4.79 Å². The molecule has 6 rings (SSSR count). The molecular weight excluding hydrogens is 574 g/mol. The highest BCUT2D eigenvalue weighted by Gasteiger charge is 2.46. The third-order valence-electron chi connectivity index (χ3n) is 8.77. The van der Waals surface area contributed by atoms with E-state index in [1.54, 1.807) is 6.07 Å². The second-order valence-corrected chi connectivity index (χ2v) is 14.8. The molecule has 2 atom stereocenters. The SMILES string of the molecule is Cc1cccc(N2CCN(C(=O)[C@@H]3CN(S(=O)(=O)c4sc5ccc(Cl)cc5c4C)C[C@H]3c3ccccc3)CC2)c1C. The van der Waals surface area contributed by atoms with E-state index in [0.29, 0.717) is 27.9 Å². The maximum atomic E-state index is 14.1. The van der Waals surface area contributed by atoms with Crippen molar-refractivity contribution >= 4 is 54.6 Å². The first kappa shape index (κ1) is 28.2. The normalized spacial score (nSPS) is 20.2. The Kier molecular flexibility index (Phi) is 7.61. The van der Waals surface area contributed by atoms with Gasteiger partial charge in [-0.1, -0.05) is 54.1 Å². The van der Waals surface area contributed by atoms with Crippen LogP contribution in [0.25, 0.3) is 10.1 Å². The molecule has 3 heterocycles. The summed E-state index contributed by atoms with van der Waals surface area (Å²) in [7, 11) is -3.81. The molecule has 2 aliphatic rings. The van der Waals surface area contributed by atoms with Crippen molar-refractivity contribution in [3.05, 3.63) is 94.0 Å². The average molecular weight is 608 g/mol. The summed E-state index contributed by atoms with van der Waals surface area (Å²) < 4.78 is 30.9. The molecule has 3 aromatic carbocycles. The Morgan fingerprint density at radius 1 is 0.878 bits per heavy atom. The van der Waals surface area contributed by atoms with Crippen LogP contribution in [0.3, 0.4) is 0 Å². The summed E-state index contributed by atoms with van der Waals surface area (Å²) in [6, 6.07) is 21.7. The minimum absolute atomic E-state index is 0.0389. The van der Waals surface area contributed by atoms with Gasteiger partial charge in [0.2, 0.25) is 5.91 Å². The van der Waals surface area contributed by atoms with Crippen molar-refractivity contribution in [1.29, 1.82) is 0 Å². The molecule has 2 fully saturated rings. The quantitative estimate of drug-likeness (QED) is 0.270. The third-order valence-corrected chi connectivity index (χ3v) is 12.7. The fraction of sp³-hybridized carbons (Fsp3) is 0.344. The van der Waals surface area contributed by atoms with Gasteiger partial charge in [-0.05, 0) is 72.7 Å². The molecule has 0 bridgehead atoms. The number of aryl methyl sites for hydroxylation is 2. The van der Waals surface area contributed by atoms with Crippen molar-refractivity contribution in [2.75, 3.05) is 44.2 Å². The number of carbonyl (C=O) groups is 1. The molecule has 4 aromatic rings. The summed E-state index contributed by atoms with van der Waals surface area (Å²) in [4.78, 5) is 18.4. The Morgan fingerprint density at radius 2 is 1.61 bits per heavy atom. The number of anilines is 1. The highest BCUT2D eigenvalue weighted by molar-refractivity contribution is 7.91. The van der Waals surface area contributed by atoms with Crippen LogP contribution in [0, 0.1) is 26.7 Å². The number of fused-ring (bicyclic) bond motifs is 1. The van der Waals surface area contributed by atoms with Crippen molar-refractivity contribution in [3.63, 3.8) is 0 Å². The van der Waals surface area contributed by atoms with E-state index in [2.05, 4.69) is 36.9 Å². The number of rotatable bonds is 5. The van der Waals surface area contributed by atoms with Crippen LogP contribution in [0.2, 0.25) is 5.02 Å². The summed E-state index contributed by atoms with van der Waals surface area (Å²) in [6.45, 7) is 9.30. The number of piperazine rings is 1. The van der Waals surface area contributed by atoms with Crippen LogP contribution in [-0.4, -0.2) is 62.8 Å². The summed E-state index contributed by atoms with van der Waals surface area (Å²) in [5.74, 6) is -0.611. The Hall–Kier alpha value is -2.91. The first-order valence-corrected chi connectivity index (χ1v) is 16.6. The Balaban J connectivity index is 1.26. The molecule has 6 nitrogen and oxygen atoms in total. The zero-order valence-corrected chi connectivity index (χ0v) is 25.9. The van der Waals surface area contributed by atoms with E-state index in [1.807, 2.05) is 54.3 Å². The zero-order chi connectivity index (χ0) is 28.9. The van der Waals surface area contributed by atoms with Gasteiger partial charge in [0.1, 0.15) is 4.21 Å². The molecule has 9 heteroatoms. The smallest absolute Gasteiger partial charge is 0.252 e. The van der Waals surface area contributed by atoms with E-state index in [1.165, 1.54) is 32.5 Å². The van der Waals surface area contributed by atoms with Crippen LogP contribution >= 0.6 is 22.9 Å². The number of nitrogens with zero attached hydrogens (tertiary/aromatic N) is 3. The maximum absolute atomic E-state index is 14.1. The van der Waals surface area contributed by atoms with E-state index in [0.717, 1.165) is 28.7 Å². The lowest BCUT2D eigenvalue weighted by molar-refractivity contribution is -0.135. The number of hydrogen-bond donors (Lipinski definition) is 0. The zero-order valence-electron chi connectivity index (χ0n) is 23.5. The van der Waals surface area contributed by atoms with Crippen LogP contribution in [0.1, 0.15) is 28.2 Å². The van der Waals surface area contributed by atoms with E-state index in [4.69, 9.17) is 11.6 Å². The molecule has 0 N–H and O–H groups in total. The first-order valence-electron chi connectivity index (χ1n) is 14.0. The predicted octanol–water partition coefficient (Wildman–Crippen LogP) is 6.23. The van der Waals surface area contributed by atoms with Gasteiger partial charge < -0.3 is 9.80 Å². The largest absolute Gasteiger partial charge is 0.368 e. The van der Waals surface area contributed by atoms with Crippen LogP contribution in [0.15, 0.2) is 70.9 Å². The molecular formula is C32H34ClN3O3S2. The standard InChI is InChI=1S/C32H34ClN3O3S2/c1-21-8-7-11-29(22(21)2)34-14-16-35(17-15-34)31(37)28-20-36(19-27(28)24-9-5-4-6-10-24)41(38,39)32-23(3)26-18-25(33)12-13-30(26)40-32/h4-13,18,27-28H,14-17,19-20H2,1-3H3/t27-,28+/m0/s1. The molecule has 2 saturated heterocycles. The second-order valence-electron chi connectivity index (χ2n) is 11.1. The van der Waals surface area contributed by atoms with Gasteiger partial charge in [0, 0.05) is 60.6 Å². The molecule has 1 aromatic heterocycles. The number of thiophene rings is 1. The highest BCUT2D eigenvalue weighted by atomic mass is 35.5. The van der Waals surface area contributed by atoms with Gasteiger partial charge in [0.25, 0.3) is 10.0 Å². The molecule has 0 radical (unpaired) electrons. The first-order chi connectivity index (χ1) is 19.6. The molecule has 41 heavy (non-hydrogen) atoms. The Labute approximate surface area is 251 Å². The topological polar surface area (TPSA) is 60.9 Å². The van der Waals surface area contributed by atoms with Crippen LogP contribution in [0.4, 0.5) is 5.69 Å². The molecule has 214 valence electrons. The van der Waals surface area contributed by atoms with Crippen LogP contribution in [0.5, 0.6) is 0 Å². The average Bonchev–Trinajstić information content (AvgIpc) is 3.58. The number of hydrogen-bond acceptors (Lipinski definition) is 5. The van der Waals surface area contributed by atoms with Crippen molar-refractivity contribution < 1.29 is 13.2 Å². The van der Waals surface area contributed by atoms with Crippen LogP contribution in [-0.2, 0) is 14.8 Å². The lowest BCUT2D eigenvalue weighted by Crippen LogP contribution is -2.51. The van der Waals surface area contributed by atoms with E-state index in [9.17, 15) is 13.2 Å². The van der Waals surface area contributed by atoms with Crippen molar-refractivity contribution in [2.24, 2.45) is 5.92 Å². The molecule has 0 aliphatic carbocycles. The molecule has 0 saturated carbocycles.